The van der Waals surface area contributed by atoms with E-state index in [1.807, 2.05) is 6.20 Å². The Kier molecular flexibility index (Phi) is 4.45. The van der Waals surface area contributed by atoms with Gasteiger partial charge in [0.1, 0.15) is 24.4 Å². The van der Waals surface area contributed by atoms with Crippen LogP contribution in [0.2, 0.25) is 0 Å². The molecule has 2 N–H and O–H groups in total. The molecule has 0 unspecified atom stereocenters. The standard InChI is InChI=1S/C15H21F2N5O/c1-2-11-7-18-13-12(11)14(20-10-19-13)22-5-3-21(4-6-22)8-15(16,17)9-23/h7,10,23H,2-6,8-9H2,1H3,(H,18,19,20). The van der Waals surface area contributed by atoms with E-state index in [1.54, 1.807) is 4.90 Å². The number of aryl methyl sites for hydroxylation is 1. The lowest BCUT2D eigenvalue weighted by atomic mass is 10.1. The van der Waals surface area contributed by atoms with Crippen molar-refractivity contribution in [1.82, 2.24) is 19.9 Å². The molecule has 126 valence electrons. The van der Waals surface area contributed by atoms with Crippen LogP contribution >= 0.6 is 0 Å². The SMILES string of the molecule is CCc1c[nH]c2ncnc(N3CCN(CC(F)(F)CO)CC3)c12. The number of aromatic amines is 1. The summed E-state index contributed by atoms with van der Waals surface area (Å²) in [6.45, 7) is 2.86. The van der Waals surface area contributed by atoms with Crippen LogP contribution < -0.4 is 4.90 Å². The van der Waals surface area contributed by atoms with Gasteiger partial charge in [0.05, 0.1) is 11.9 Å². The maximum atomic E-state index is 13.3. The Bertz CT molecular complexity index is 667. The normalized spacial score (nSPS) is 17.1. The smallest absolute Gasteiger partial charge is 0.283 e. The summed E-state index contributed by atoms with van der Waals surface area (Å²) in [5.74, 6) is -2.18. The van der Waals surface area contributed by atoms with Crippen LogP contribution in [0.15, 0.2) is 12.5 Å². The molecule has 2 aromatic heterocycles. The van der Waals surface area contributed by atoms with E-state index in [0.29, 0.717) is 26.2 Å². The molecule has 6 nitrogen and oxygen atoms in total. The molecular weight excluding hydrogens is 304 g/mol. The number of alkyl halides is 2. The second kappa shape index (κ2) is 6.37. The molecule has 0 atom stereocenters. The fourth-order valence-corrected chi connectivity index (χ4v) is 3.02. The van der Waals surface area contributed by atoms with Gasteiger partial charge in [0.25, 0.3) is 5.92 Å². The molecule has 1 saturated heterocycles. The molecule has 1 aliphatic rings. The molecule has 0 aliphatic carbocycles. The average Bonchev–Trinajstić information content (AvgIpc) is 2.98. The van der Waals surface area contributed by atoms with Crippen molar-refractivity contribution in [1.29, 1.82) is 0 Å². The molecule has 0 amide bonds. The van der Waals surface area contributed by atoms with Crippen molar-refractivity contribution in [3.05, 3.63) is 18.1 Å². The Morgan fingerprint density at radius 2 is 2.00 bits per heavy atom. The number of halogens is 2. The molecule has 2 aromatic rings. The van der Waals surface area contributed by atoms with E-state index in [-0.39, 0.29) is 0 Å². The lowest BCUT2D eigenvalue weighted by Crippen LogP contribution is -2.50. The first-order chi connectivity index (χ1) is 11.0. The first kappa shape index (κ1) is 16.1. The summed E-state index contributed by atoms with van der Waals surface area (Å²) in [6, 6.07) is 0. The number of anilines is 1. The van der Waals surface area contributed by atoms with Gasteiger partial charge in [0, 0.05) is 32.4 Å². The highest BCUT2D eigenvalue weighted by Gasteiger charge is 2.32. The van der Waals surface area contributed by atoms with E-state index in [1.165, 1.54) is 6.33 Å². The number of hydrogen-bond acceptors (Lipinski definition) is 5. The minimum absolute atomic E-state index is 0.402. The Labute approximate surface area is 133 Å². The maximum absolute atomic E-state index is 13.3. The van der Waals surface area contributed by atoms with Crippen LogP contribution in [0.4, 0.5) is 14.6 Å². The number of nitrogens with one attached hydrogen (secondary N) is 1. The third-order valence-corrected chi connectivity index (χ3v) is 4.27. The summed E-state index contributed by atoms with van der Waals surface area (Å²) >= 11 is 0. The van der Waals surface area contributed by atoms with Crippen LogP contribution in [-0.4, -0.2) is 70.2 Å². The third-order valence-electron chi connectivity index (χ3n) is 4.27. The first-order valence-electron chi connectivity index (χ1n) is 7.81. The Hall–Kier alpha value is -1.80. The number of hydrogen-bond donors (Lipinski definition) is 2. The van der Waals surface area contributed by atoms with Crippen molar-refractivity contribution in [3.63, 3.8) is 0 Å². The molecule has 1 aliphatic heterocycles. The van der Waals surface area contributed by atoms with Gasteiger partial charge in [-0.05, 0) is 12.0 Å². The van der Waals surface area contributed by atoms with Crippen molar-refractivity contribution >= 4 is 16.9 Å². The van der Waals surface area contributed by atoms with Gasteiger partial charge >= 0.3 is 0 Å². The van der Waals surface area contributed by atoms with Crippen molar-refractivity contribution in [2.24, 2.45) is 0 Å². The molecule has 0 bridgehead atoms. The molecule has 23 heavy (non-hydrogen) atoms. The summed E-state index contributed by atoms with van der Waals surface area (Å²) in [4.78, 5) is 15.6. The largest absolute Gasteiger partial charge is 0.390 e. The third kappa shape index (κ3) is 3.28. The highest BCUT2D eigenvalue weighted by atomic mass is 19.3. The molecule has 3 heterocycles. The van der Waals surface area contributed by atoms with E-state index in [4.69, 9.17) is 5.11 Å². The highest BCUT2D eigenvalue weighted by molar-refractivity contribution is 5.90. The Morgan fingerprint density at radius 1 is 1.26 bits per heavy atom. The predicted octanol–water partition coefficient (Wildman–Crippen LogP) is 1.27. The van der Waals surface area contributed by atoms with Crippen molar-refractivity contribution in [3.8, 4) is 0 Å². The van der Waals surface area contributed by atoms with Gasteiger partial charge in [-0.2, -0.15) is 0 Å². The monoisotopic (exact) mass is 325 g/mol. The van der Waals surface area contributed by atoms with Crippen molar-refractivity contribution < 1.29 is 13.9 Å². The summed E-state index contributed by atoms with van der Waals surface area (Å²) < 4.78 is 26.6. The van der Waals surface area contributed by atoms with Crippen LogP contribution in [-0.2, 0) is 6.42 Å². The van der Waals surface area contributed by atoms with Gasteiger partial charge in [-0.15, -0.1) is 0 Å². The molecule has 8 heteroatoms. The van der Waals surface area contributed by atoms with Gasteiger partial charge in [-0.25, -0.2) is 18.7 Å². The van der Waals surface area contributed by atoms with E-state index in [9.17, 15) is 8.78 Å². The minimum Gasteiger partial charge on any atom is -0.390 e. The fraction of sp³-hybridized carbons (Fsp3) is 0.600. The second-order valence-electron chi connectivity index (χ2n) is 5.87. The van der Waals surface area contributed by atoms with Crippen LogP contribution in [0.3, 0.4) is 0 Å². The number of rotatable bonds is 5. The van der Waals surface area contributed by atoms with Crippen LogP contribution in [0.5, 0.6) is 0 Å². The Morgan fingerprint density at radius 3 is 2.65 bits per heavy atom. The zero-order valence-electron chi connectivity index (χ0n) is 13.1. The van der Waals surface area contributed by atoms with E-state index < -0.39 is 19.1 Å². The summed E-state index contributed by atoms with van der Waals surface area (Å²) in [7, 11) is 0. The van der Waals surface area contributed by atoms with Gasteiger partial charge in [-0.1, -0.05) is 6.92 Å². The molecule has 0 aromatic carbocycles. The summed E-state index contributed by atoms with van der Waals surface area (Å²) in [5, 5.41) is 9.72. The first-order valence-corrected chi connectivity index (χ1v) is 7.81. The number of aliphatic hydroxyl groups is 1. The lowest BCUT2D eigenvalue weighted by molar-refractivity contribution is -0.0733. The number of piperazine rings is 1. The second-order valence-corrected chi connectivity index (χ2v) is 5.87. The lowest BCUT2D eigenvalue weighted by Gasteiger charge is -2.36. The van der Waals surface area contributed by atoms with Gasteiger partial charge in [0.15, 0.2) is 0 Å². The van der Waals surface area contributed by atoms with Gasteiger partial charge < -0.3 is 15.0 Å². The van der Waals surface area contributed by atoms with E-state index in [0.717, 1.165) is 28.8 Å². The number of aromatic nitrogens is 3. The fourth-order valence-electron chi connectivity index (χ4n) is 3.02. The number of aliphatic hydroxyl groups excluding tert-OH is 1. The summed E-state index contributed by atoms with van der Waals surface area (Å²) in [6.07, 6.45) is 4.35. The zero-order chi connectivity index (χ0) is 16.4. The molecule has 0 saturated carbocycles. The topological polar surface area (TPSA) is 68.3 Å². The molecular formula is C15H21F2N5O. The number of H-pyrrole nitrogens is 1. The van der Waals surface area contributed by atoms with Gasteiger partial charge in [-0.3, -0.25) is 4.90 Å². The molecule has 0 radical (unpaired) electrons. The van der Waals surface area contributed by atoms with Crippen LogP contribution in [0, 0.1) is 0 Å². The summed E-state index contributed by atoms with van der Waals surface area (Å²) in [5.41, 5.74) is 1.96. The minimum atomic E-state index is -3.04. The van der Waals surface area contributed by atoms with Crippen molar-refractivity contribution in [2.75, 3.05) is 44.2 Å². The Balaban J connectivity index is 1.74. The molecule has 1 fully saturated rings. The highest BCUT2D eigenvalue weighted by Crippen LogP contribution is 2.27. The van der Waals surface area contributed by atoms with E-state index >= 15 is 0 Å². The van der Waals surface area contributed by atoms with Gasteiger partial charge in [0.2, 0.25) is 0 Å². The van der Waals surface area contributed by atoms with E-state index in [2.05, 4.69) is 26.8 Å². The number of nitrogens with zero attached hydrogens (tertiary/aromatic N) is 4. The zero-order valence-corrected chi connectivity index (χ0v) is 13.1. The van der Waals surface area contributed by atoms with Crippen LogP contribution in [0.25, 0.3) is 11.0 Å². The molecule has 3 rings (SSSR count). The maximum Gasteiger partial charge on any atom is 0.283 e. The van der Waals surface area contributed by atoms with Crippen molar-refractivity contribution in [2.45, 2.75) is 19.3 Å². The number of fused-ring (bicyclic) bond motifs is 1. The quantitative estimate of drug-likeness (QED) is 0.866. The molecule has 0 spiro atoms. The predicted molar refractivity (Wildman–Crippen MR) is 84.0 cm³/mol. The average molecular weight is 325 g/mol. The van der Waals surface area contributed by atoms with Crippen LogP contribution in [0.1, 0.15) is 12.5 Å².